The van der Waals surface area contributed by atoms with E-state index in [1.807, 2.05) is 43.3 Å². The van der Waals surface area contributed by atoms with Crippen LogP contribution in [0.25, 0.3) is 5.65 Å². The first-order valence-electron chi connectivity index (χ1n) is 9.95. The van der Waals surface area contributed by atoms with Crippen LogP contribution in [0.3, 0.4) is 0 Å². The standard InChI is InChI=1S/C23H24N2O4/c1-3-29-20-9-6-12-25-21(14(2)24-22(20)25)19(26)13-18-16-8-5-4-7-15(16)10-11-17(18)23(27)28/h4-9,12,17-18H,3,10-11,13H2,1-2H3,(H,27,28). The van der Waals surface area contributed by atoms with Gasteiger partial charge in [0.1, 0.15) is 5.69 Å². The highest BCUT2D eigenvalue weighted by molar-refractivity contribution is 5.97. The van der Waals surface area contributed by atoms with Crippen LogP contribution < -0.4 is 4.74 Å². The molecular formula is C23H24N2O4. The fourth-order valence-electron chi connectivity index (χ4n) is 4.46. The van der Waals surface area contributed by atoms with Crippen molar-refractivity contribution in [2.24, 2.45) is 5.92 Å². The Hall–Kier alpha value is -3.15. The summed E-state index contributed by atoms with van der Waals surface area (Å²) >= 11 is 0. The summed E-state index contributed by atoms with van der Waals surface area (Å²) in [5.74, 6) is -1.22. The Bertz CT molecular complexity index is 1090. The van der Waals surface area contributed by atoms with E-state index in [4.69, 9.17) is 4.74 Å². The Morgan fingerprint density at radius 2 is 2.03 bits per heavy atom. The largest absolute Gasteiger partial charge is 0.490 e. The predicted molar refractivity (Wildman–Crippen MR) is 109 cm³/mol. The molecule has 2 atom stereocenters. The third-order valence-corrected chi connectivity index (χ3v) is 5.74. The first kappa shape index (κ1) is 19.2. The smallest absolute Gasteiger partial charge is 0.307 e. The van der Waals surface area contributed by atoms with Crippen LogP contribution >= 0.6 is 0 Å². The zero-order chi connectivity index (χ0) is 20.5. The number of ketones is 1. The van der Waals surface area contributed by atoms with Crippen molar-refractivity contribution in [3.8, 4) is 5.75 Å². The molecule has 0 amide bonds. The average Bonchev–Trinajstić information content (AvgIpc) is 3.05. The fraction of sp³-hybridized carbons (Fsp3) is 0.348. The number of carboxylic acid groups (broad SMARTS) is 1. The number of hydrogen-bond acceptors (Lipinski definition) is 4. The summed E-state index contributed by atoms with van der Waals surface area (Å²) < 4.78 is 7.40. The molecule has 3 aromatic rings. The Morgan fingerprint density at radius 1 is 1.24 bits per heavy atom. The topological polar surface area (TPSA) is 80.9 Å². The van der Waals surface area contributed by atoms with Crippen molar-refractivity contribution < 1.29 is 19.4 Å². The minimum absolute atomic E-state index is 0.100. The number of pyridine rings is 1. The van der Waals surface area contributed by atoms with Gasteiger partial charge in [-0.25, -0.2) is 4.98 Å². The molecule has 6 nitrogen and oxygen atoms in total. The van der Waals surface area contributed by atoms with Crippen LogP contribution in [0.5, 0.6) is 5.75 Å². The molecular weight excluding hydrogens is 368 g/mol. The maximum absolute atomic E-state index is 13.4. The maximum atomic E-state index is 13.4. The van der Waals surface area contributed by atoms with Crippen LogP contribution in [-0.2, 0) is 11.2 Å². The van der Waals surface area contributed by atoms with Gasteiger partial charge in [0.05, 0.1) is 18.2 Å². The molecule has 1 aromatic carbocycles. The van der Waals surface area contributed by atoms with Crippen molar-refractivity contribution in [1.29, 1.82) is 0 Å². The van der Waals surface area contributed by atoms with E-state index >= 15 is 0 Å². The zero-order valence-corrected chi connectivity index (χ0v) is 16.6. The highest BCUT2D eigenvalue weighted by Gasteiger charge is 2.36. The first-order chi connectivity index (χ1) is 14.0. The molecule has 0 spiro atoms. The minimum Gasteiger partial charge on any atom is -0.490 e. The van der Waals surface area contributed by atoms with Crippen LogP contribution in [0.15, 0.2) is 42.6 Å². The molecule has 2 unspecified atom stereocenters. The molecule has 1 aliphatic rings. The fourth-order valence-corrected chi connectivity index (χ4v) is 4.46. The third kappa shape index (κ3) is 3.39. The van der Waals surface area contributed by atoms with E-state index in [-0.39, 0.29) is 18.1 Å². The monoisotopic (exact) mass is 392 g/mol. The van der Waals surface area contributed by atoms with Crippen LogP contribution in [0.2, 0.25) is 0 Å². The van der Waals surface area contributed by atoms with Crippen molar-refractivity contribution in [2.75, 3.05) is 6.61 Å². The summed E-state index contributed by atoms with van der Waals surface area (Å²) in [5, 5.41) is 9.75. The van der Waals surface area contributed by atoms with Crippen LogP contribution in [0, 0.1) is 12.8 Å². The van der Waals surface area contributed by atoms with Gasteiger partial charge < -0.3 is 9.84 Å². The van der Waals surface area contributed by atoms with E-state index in [0.29, 0.717) is 35.8 Å². The molecule has 2 heterocycles. The van der Waals surface area contributed by atoms with E-state index in [1.54, 1.807) is 17.5 Å². The lowest BCUT2D eigenvalue weighted by Crippen LogP contribution is -2.29. The molecule has 0 radical (unpaired) electrons. The summed E-state index contributed by atoms with van der Waals surface area (Å²) in [7, 11) is 0. The lowest BCUT2D eigenvalue weighted by Gasteiger charge is -2.30. The molecule has 0 saturated carbocycles. The normalized spacial score (nSPS) is 18.4. The summed E-state index contributed by atoms with van der Waals surface area (Å²) in [6.07, 6.45) is 3.21. The number of rotatable bonds is 6. The van der Waals surface area contributed by atoms with Gasteiger partial charge in [-0.3, -0.25) is 14.0 Å². The van der Waals surface area contributed by atoms with Gasteiger partial charge in [0.15, 0.2) is 17.2 Å². The van der Waals surface area contributed by atoms with Gasteiger partial charge in [-0.2, -0.15) is 0 Å². The number of aliphatic carboxylic acids is 1. The Labute approximate surface area is 169 Å². The molecule has 150 valence electrons. The van der Waals surface area contributed by atoms with Gasteiger partial charge in [0, 0.05) is 18.5 Å². The number of nitrogens with zero attached hydrogens (tertiary/aromatic N) is 2. The molecule has 29 heavy (non-hydrogen) atoms. The summed E-state index contributed by atoms with van der Waals surface area (Å²) in [6.45, 7) is 4.21. The number of carboxylic acids is 1. The lowest BCUT2D eigenvalue weighted by atomic mass is 9.72. The number of aromatic nitrogens is 2. The number of aryl methyl sites for hydroxylation is 2. The minimum atomic E-state index is -0.842. The highest BCUT2D eigenvalue weighted by Crippen LogP contribution is 2.39. The lowest BCUT2D eigenvalue weighted by molar-refractivity contribution is -0.143. The maximum Gasteiger partial charge on any atom is 0.307 e. The number of hydrogen-bond donors (Lipinski definition) is 1. The predicted octanol–water partition coefficient (Wildman–Crippen LogP) is 4.05. The summed E-state index contributed by atoms with van der Waals surface area (Å²) in [4.78, 5) is 29.8. The first-order valence-corrected chi connectivity index (χ1v) is 9.95. The Balaban J connectivity index is 1.73. The number of imidazole rings is 1. The second-order valence-corrected chi connectivity index (χ2v) is 7.46. The van der Waals surface area contributed by atoms with Gasteiger partial charge in [-0.1, -0.05) is 24.3 Å². The molecule has 1 aliphatic carbocycles. The van der Waals surface area contributed by atoms with Crippen LogP contribution in [0.1, 0.15) is 53.0 Å². The number of carbonyl (C=O) groups is 2. The van der Waals surface area contributed by atoms with E-state index in [2.05, 4.69) is 4.98 Å². The quantitative estimate of drug-likeness (QED) is 0.640. The van der Waals surface area contributed by atoms with Crippen molar-refractivity contribution in [3.05, 3.63) is 65.1 Å². The molecule has 2 aromatic heterocycles. The van der Waals surface area contributed by atoms with E-state index in [9.17, 15) is 14.7 Å². The highest BCUT2D eigenvalue weighted by atomic mass is 16.5. The van der Waals surface area contributed by atoms with Crippen molar-refractivity contribution in [2.45, 2.75) is 39.0 Å². The van der Waals surface area contributed by atoms with E-state index in [1.165, 1.54) is 0 Å². The zero-order valence-electron chi connectivity index (χ0n) is 16.6. The molecule has 1 N–H and O–H groups in total. The van der Waals surface area contributed by atoms with Crippen molar-refractivity contribution >= 4 is 17.4 Å². The number of ether oxygens (including phenoxy) is 1. The SMILES string of the molecule is CCOc1cccn2c(C(=O)CC3c4ccccc4CCC3C(=O)O)c(C)nc12. The van der Waals surface area contributed by atoms with E-state index in [0.717, 1.165) is 17.5 Å². The van der Waals surface area contributed by atoms with Gasteiger partial charge in [-0.05, 0) is 49.9 Å². The summed E-state index contributed by atoms with van der Waals surface area (Å²) in [6, 6.07) is 11.5. The third-order valence-electron chi connectivity index (χ3n) is 5.74. The number of fused-ring (bicyclic) bond motifs is 2. The molecule has 6 heteroatoms. The second-order valence-electron chi connectivity index (χ2n) is 7.46. The summed E-state index contributed by atoms with van der Waals surface area (Å²) in [5.41, 5.74) is 3.83. The number of benzene rings is 1. The van der Waals surface area contributed by atoms with Crippen LogP contribution in [-0.4, -0.2) is 32.9 Å². The number of carbonyl (C=O) groups excluding carboxylic acids is 1. The van der Waals surface area contributed by atoms with Crippen LogP contribution in [0.4, 0.5) is 0 Å². The van der Waals surface area contributed by atoms with Crippen molar-refractivity contribution in [1.82, 2.24) is 9.38 Å². The molecule has 4 rings (SSSR count). The molecule has 0 saturated heterocycles. The van der Waals surface area contributed by atoms with Gasteiger partial charge in [0.2, 0.25) is 0 Å². The number of Topliss-reactive ketones (excluding diaryl/α,β-unsaturated/α-hetero) is 1. The molecule has 0 fully saturated rings. The van der Waals surface area contributed by atoms with Gasteiger partial charge in [0.25, 0.3) is 0 Å². The van der Waals surface area contributed by atoms with E-state index < -0.39 is 11.9 Å². The average molecular weight is 392 g/mol. The Kier molecular flexibility index (Phi) is 5.09. The second kappa shape index (κ2) is 7.70. The van der Waals surface area contributed by atoms with Gasteiger partial charge in [-0.15, -0.1) is 0 Å². The van der Waals surface area contributed by atoms with Gasteiger partial charge >= 0.3 is 5.97 Å². The Morgan fingerprint density at radius 3 is 2.79 bits per heavy atom. The van der Waals surface area contributed by atoms with Crippen molar-refractivity contribution in [3.63, 3.8) is 0 Å². The molecule has 0 aliphatic heterocycles. The molecule has 0 bridgehead atoms.